The van der Waals surface area contributed by atoms with Crippen molar-refractivity contribution in [3.63, 3.8) is 0 Å². The summed E-state index contributed by atoms with van der Waals surface area (Å²) in [4.78, 5) is 30.1. The van der Waals surface area contributed by atoms with Gasteiger partial charge in [-0.15, -0.1) is 24.0 Å². The van der Waals surface area contributed by atoms with E-state index in [0.717, 1.165) is 25.5 Å². The zero-order valence-electron chi connectivity index (χ0n) is 16.9. The Kier molecular flexibility index (Phi) is 11.0. The van der Waals surface area contributed by atoms with Gasteiger partial charge in [-0.2, -0.15) is 0 Å². The van der Waals surface area contributed by atoms with Crippen LogP contribution in [-0.4, -0.2) is 61.9 Å². The number of aliphatic imine (C=N–C) groups is 1. The lowest BCUT2D eigenvalue weighted by Crippen LogP contribution is -2.47. The van der Waals surface area contributed by atoms with E-state index in [1.807, 2.05) is 18.7 Å². The van der Waals surface area contributed by atoms with Crippen LogP contribution in [0.5, 0.6) is 0 Å². The van der Waals surface area contributed by atoms with Gasteiger partial charge in [0.05, 0.1) is 0 Å². The van der Waals surface area contributed by atoms with Gasteiger partial charge in [-0.1, -0.05) is 26.7 Å². The van der Waals surface area contributed by atoms with Gasteiger partial charge in [-0.3, -0.25) is 14.6 Å². The first-order valence-corrected chi connectivity index (χ1v) is 10.0. The summed E-state index contributed by atoms with van der Waals surface area (Å²) in [6.07, 6.45) is 6.51. The van der Waals surface area contributed by atoms with Gasteiger partial charge in [0.25, 0.3) is 0 Å². The standard InChI is InChI=1S/C19H35N5O2.HI/c1-14(2)18(26)24-11-8-16(13-24)23-19(20-3)22-10-9-21-17(25)12-15-6-4-5-7-15;/h14-16H,4-13H2,1-3H3,(H,21,25)(H2,20,22,23);1H. The molecule has 0 radical (unpaired) electrons. The van der Waals surface area contributed by atoms with Crippen LogP contribution in [-0.2, 0) is 9.59 Å². The molecule has 2 amide bonds. The number of halogens is 1. The second-order valence-electron chi connectivity index (χ2n) is 7.77. The van der Waals surface area contributed by atoms with Crippen molar-refractivity contribution in [3.05, 3.63) is 0 Å². The fourth-order valence-electron chi connectivity index (χ4n) is 3.76. The predicted octanol–water partition coefficient (Wildman–Crippen LogP) is 1.72. The molecule has 156 valence electrons. The van der Waals surface area contributed by atoms with Gasteiger partial charge < -0.3 is 20.9 Å². The topological polar surface area (TPSA) is 85.8 Å². The Balaban J connectivity index is 0.00000364. The van der Waals surface area contributed by atoms with E-state index in [1.165, 1.54) is 25.7 Å². The van der Waals surface area contributed by atoms with Gasteiger partial charge >= 0.3 is 0 Å². The van der Waals surface area contributed by atoms with Crippen molar-refractivity contribution in [2.75, 3.05) is 33.2 Å². The minimum atomic E-state index is 0. The van der Waals surface area contributed by atoms with Gasteiger partial charge in [0.2, 0.25) is 11.8 Å². The summed E-state index contributed by atoms with van der Waals surface area (Å²) < 4.78 is 0. The first kappa shape index (κ1) is 24.0. The summed E-state index contributed by atoms with van der Waals surface area (Å²) in [7, 11) is 1.74. The van der Waals surface area contributed by atoms with Crippen molar-refractivity contribution in [2.24, 2.45) is 16.8 Å². The zero-order chi connectivity index (χ0) is 18.9. The van der Waals surface area contributed by atoms with Crippen LogP contribution in [0.4, 0.5) is 0 Å². The molecule has 1 unspecified atom stereocenters. The predicted molar refractivity (Wildman–Crippen MR) is 119 cm³/mol. The van der Waals surface area contributed by atoms with Crippen LogP contribution in [0.25, 0.3) is 0 Å². The number of rotatable bonds is 7. The molecule has 3 N–H and O–H groups in total. The second kappa shape index (κ2) is 12.4. The van der Waals surface area contributed by atoms with E-state index in [4.69, 9.17) is 0 Å². The third-order valence-electron chi connectivity index (χ3n) is 5.25. The van der Waals surface area contributed by atoms with Gasteiger partial charge in [-0.05, 0) is 25.2 Å². The van der Waals surface area contributed by atoms with E-state index in [-0.39, 0.29) is 47.8 Å². The Morgan fingerprint density at radius 2 is 1.78 bits per heavy atom. The summed E-state index contributed by atoms with van der Waals surface area (Å²) in [5.41, 5.74) is 0. The lowest BCUT2D eigenvalue weighted by Gasteiger charge is -2.20. The summed E-state index contributed by atoms with van der Waals surface area (Å²) in [5.74, 6) is 1.71. The normalized spacial score (nSPS) is 20.5. The Bertz CT molecular complexity index is 506. The number of likely N-dealkylation sites (tertiary alicyclic amines) is 1. The van der Waals surface area contributed by atoms with Crippen LogP contribution in [0.2, 0.25) is 0 Å². The van der Waals surface area contributed by atoms with Crippen molar-refractivity contribution < 1.29 is 9.59 Å². The Hall–Kier alpha value is -1.06. The first-order chi connectivity index (χ1) is 12.5. The van der Waals surface area contributed by atoms with Gasteiger partial charge in [-0.25, -0.2) is 0 Å². The molecule has 0 bridgehead atoms. The molecule has 1 heterocycles. The molecule has 2 aliphatic rings. The van der Waals surface area contributed by atoms with E-state index in [0.29, 0.717) is 25.4 Å². The SMILES string of the molecule is CN=C(NCCNC(=O)CC1CCCC1)NC1CCN(C(=O)C(C)C)C1.I. The zero-order valence-corrected chi connectivity index (χ0v) is 19.3. The van der Waals surface area contributed by atoms with E-state index in [1.54, 1.807) is 7.05 Å². The quantitative estimate of drug-likeness (QED) is 0.218. The lowest BCUT2D eigenvalue weighted by molar-refractivity contribution is -0.133. The van der Waals surface area contributed by atoms with Crippen molar-refractivity contribution in [2.45, 2.75) is 58.4 Å². The molecule has 2 fully saturated rings. The molecule has 0 spiro atoms. The average Bonchev–Trinajstić information content (AvgIpc) is 3.28. The van der Waals surface area contributed by atoms with Crippen molar-refractivity contribution in [1.82, 2.24) is 20.9 Å². The summed E-state index contributed by atoms with van der Waals surface area (Å²) in [5, 5.41) is 9.58. The molecule has 1 saturated carbocycles. The minimum absolute atomic E-state index is 0. The molecule has 8 heteroatoms. The summed E-state index contributed by atoms with van der Waals surface area (Å²) in [6, 6.07) is 0.223. The van der Waals surface area contributed by atoms with E-state index < -0.39 is 0 Å². The van der Waals surface area contributed by atoms with Gasteiger partial charge in [0.15, 0.2) is 5.96 Å². The Labute approximate surface area is 180 Å². The largest absolute Gasteiger partial charge is 0.355 e. The monoisotopic (exact) mass is 493 g/mol. The fourth-order valence-corrected chi connectivity index (χ4v) is 3.76. The van der Waals surface area contributed by atoms with Crippen molar-refractivity contribution >= 4 is 41.8 Å². The van der Waals surface area contributed by atoms with Crippen LogP contribution in [0.1, 0.15) is 52.4 Å². The maximum Gasteiger partial charge on any atom is 0.225 e. The van der Waals surface area contributed by atoms with Crippen LogP contribution in [0.15, 0.2) is 4.99 Å². The highest BCUT2D eigenvalue weighted by Gasteiger charge is 2.27. The summed E-state index contributed by atoms with van der Waals surface area (Å²) >= 11 is 0. The molecule has 1 aliphatic heterocycles. The fraction of sp³-hybridized carbons (Fsp3) is 0.842. The number of carbonyl (C=O) groups excluding carboxylic acids is 2. The van der Waals surface area contributed by atoms with Crippen LogP contribution in [0.3, 0.4) is 0 Å². The highest BCUT2D eigenvalue weighted by Crippen LogP contribution is 2.27. The molecule has 1 aliphatic carbocycles. The number of carbonyl (C=O) groups is 2. The molecule has 7 nitrogen and oxygen atoms in total. The smallest absolute Gasteiger partial charge is 0.225 e. The van der Waals surface area contributed by atoms with Crippen LogP contribution < -0.4 is 16.0 Å². The van der Waals surface area contributed by atoms with Crippen LogP contribution >= 0.6 is 24.0 Å². The molecule has 1 saturated heterocycles. The molecule has 27 heavy (non-hydrogen) atoms. The third kappa shape index (κ3) is 8.23. The molecular formula is C19H36IN5O2. The maximum atomic E-state index is 12.1. The first-order valence-electron chi connectivity index (χ1n) is 10.0. The number of nitrogens with zero attached hydrogens (tertiary/aromatic N) is 2. The number of hydrogen-bond acceptors (Lipinski definition) is 3. The Morgan fingerprint density at radius 3 is 2.41 bits per heavy atom. The van der Waals surface area contributed by atoms with Gasteiger partial charge in [0.1, 0.15) is 0 Å². The molecule has 0 aromatic carbocycles. The highest BCUT2D eigenvalue weighted by molar-refractivity contribution is 14.0. The maximum absolute atomic E-state index is 12.1. The molecule has 2 rings (SSSR count). The number of nitrogens with one attached hydrogen (secondary N) is 3. The average molecular weight is 493 g/mol. The molecule has 1 atom stereocenters. The highest BCUT2D eigenvalue weighted by atomic mass is 127. The van der Waals surface area contributed by atoms with Crippen molar-refractivity contribution in [1.29, 1.82) is 0 Å². The van der Waals surface area contributed by atoms with E-state index in [9.17, 15) is 9.59 Å². The van der Waals surface area contributed by atoms with Crippen molar-refractivity contribution in [3.8, 4) is 0 Å². The number of guanidine groups is 1. The summed E-state index contributed by atoms with van der Waals surface area (Å²) in [6.45, 7) is 6.61. The number of amides is 2. The third-order valence-corrected chi connectivity index (χ3v) is 5.25. The lowest BCUT2D eigenvalue weighted by atomic mass is 10.0. The molecular weight excluding hydrogens is 457 g/mol. The molecule has 0 aromatic heterocycles. The second-order valence-corrected chi connectivity index (χ2v) is 7.77. The molecule has 0 aromatic rings. The Morgan fingerprint density at radius 1 is 1.11 bits per heavy atom. The van der Waals surface area contributed by atoms with E-state index >= 15 is 0 Å². The van der Waals surface area contributed by atoms with E-state index in [2.05, 4.69) is 20.9 Å². The van der Waals surface area contributed by atoms with Gasteiger partial charge in [0, 0.05) is 51.6 Å². The minimum Gasteiger partial charge on any atom is -0.355 e. The number of hydrogen-bond donors (Lipinski definition) is 3. The van der Waals surface area contributed by atoms with Crippen LogP contribution in [0, 0.1) is 11.8 Å².